The number of hydrogen-bond donors (Lipinski definition) is 2. The number of hydrogen-bond acceptors (Lipinski definition) is 4. The normalized spacial score (nSPS) is 11.4. The molecule has 0 aliphatic heterocycles. The van der Waals surface area contributed by atoms with Crippen LogP contribution in [-0.4, -0.2) is 25.4 Å². The second-order valence-corrected chi connectivity index (χ2v) is 6.68. The van der Waals surface area contributed by atoms with Crippen LogP contribution in [0.4, 0.5) is 5.69 Å². The van der Waals surface area contributed by atoms with Gasteiger partial charge in [-0.15, -0.1) is 0 Å². The minimum Gasteiger partial charge on any atom is -0.321 e. The number of carbonyl (C=O) groups is 1. The van der Waals surface area contributed by atoms with Crippen LogP contribution in [0.1, 0.15) is 24.3 Å². The average Bonchev–Trinajstić information content (AvgIpc) is 2.47. The van der Waals surface area contributed by atoms with Crippen LogP contribution in [0.25, 0.3) is 0 Å². The van der Waals surface area contributed by atoms with E-state index < -0.39 is 10.0 Å². The third kappa shape index (κ3) is 4.12. The minimum absolute atomic E-state index is 0.150. The quantitative estimate of drug-likeness (QED) is 0.882. The van der Waals surface area contributed by atoms with Crippen molar-refractivity contribution in [1.29, 1.82) is 0 Å². The van der Waals surface area contributed by atoms with Crippen LogP contribution in [0.5, 0.6) is 0 Å². The fraction of sp³-hybridized carbons (Fsp3) is 0.200. The zero-order chi connectivity index (χ0) is 16.2. The molecule has 2 aromatic rings. The summed E-state index contributed by atoms with van der Waals surface area (Å²) < 4.78 is 26.5. The molecule has 0 spiro atoms. The van der Waals surface area contributed by atoms with Crippen molar-refractivity contribution in [3.05, 3.63) is 54.4 Å². The van der Waals surface area contributed by atoms with E-state index in [2.05, 4.69) is 15.0 Å². The van der Waals surface area contributed by atoms with Crippen molar-refractivity contribution in [2.75, 3.05) is 5.32 Å². The summed E-state index contributed by atoms with van der Waals surface area (Å²) in [6.07, 6.45) is 1.53. The Balaban J connectivity index is 2.11. The van der Waals surface area contributed by atoms with Gasteiger partial charge in [0.15, 0.2) is 0 Å². The number of nitrogens with zero attached hydrogens (tertiary/aromatic N) is 1. The summed E-state index contributed by atoms with van der Waals surface area (Å²) in [6, 6.07) is 10.8. The van der Waals surface area contributed by atoms with Gasteiger partial charge in [0.05, 0.1) is 4.90 Å². The Hall–Kier alpha value is -2.25. The van der Waals surface area contributed by atoms with E-state index in [4.69, 9.17) is 0 Å². The van der Waals surface area contributed by atoms with Crippen molar-refractivity contribution in [2.24, 2.45) is 0 Å². The van der Waals surface area contributed by atoms with Crippen LogP contribution < -0.4 is 10.0 Å². The van der Waals surface area contributed by atoms with Gasteiger partial charge in [0, 0.05) is 17.9 Å². The van der Waals surface area contributed by atoms with Gasteiger partial charge in [0.2, 0.25) is 10.0 Å². The molecule has 0 atom stereocenters. The van der Waals surface area contributed by atoms with E-state index in [1.807, 2.05) is 0 Å². The van der Waals surface area contributed by atoms with Crippen LogP contribution in [0.15, 0.2) is 53.6 Å². The molecular weight excluding hydrogens is 302 g/mol. The van der Waals surface area contributed by atoms with Crippen LogP contribution in [0.3, 0.4) is 0 Å². The van der Waals surface area contributed by atoms with Crippen molar-refractivity contribution in [2.45, 2.75) is 24.8 Å². The SMILES string of the molecule is CC(C)NS(=O)(=O)c1ccc(NC(=O)c2ccccn2)cc1. The van der Waals surface area contributed by atoms with Crippen LogP contribution in [0.2, 0.25) is 0 Å². The van der Waals surface area contributed by atoms with Gasteiger partial charge in [-0.1, -0.05) is 6.07 Å². The summed E-state index contributed by atoms with van der Waals surface area (Å²) in [4.78, 5) is 16.0. The molecule has 0 bridgehead atoms. The Bertz CT molecular complexity index is 741. The van der Waals surface area contributed by atoms with Crippen molar-refractivity contribution in [3.63, 3.8) is 0 Å². The van der Waals surface area contributed by atoms with Crippen molar-refractivity contribution >= 4 is 21.6 Å². The van der Waals surface area contributed by atoms with Crippen LogP contribution in [0, 0.1) is 0 Å². The predicted molar refractivity (Wildman–Crippen MR) is 84.1 cm³/mol. The van der Waals surface area contributed by atoms with Gasteiger partial charge >= 0.3 is 0 Å². The molecular formula is C15H17N3O3S. The number of benzene rings is 1. The molecule has 0 aliphatic carbocycles. The number of amides is 1. The average molecular weight is 319 g/mol. The van der Waals surface area contributed by atoms with Gasteiger partial charge in [-0.25, -0.2) is 13.1 Å². The first kappa shape index (κ1) is 16.1. The Morgan fingerprint density at radius 2 is 1.77 bits per heavy atom. The number of pyridine rings is 1. The van der Waals surface area contributed by atoms with Crippen molar-refractivity contribution in [3.8, 4) is 0 Å². The van der Waals surface area contributed by atoms with Crippen LogP contribution in [-0.2, 0) is 10.0 Å². The number of aromatic nitrogens is 1. The maximum absolute atomic E-state index is 12.0. The highest BCUT2D eigenvalue weighted by molar-refractivity contribution is 7.89. The third-order valence-electron chi connectivity index (χ3n) is 2.71. The molecule has 1 aromatic heterocycles. The van der Waals surface area contributed by atoms with Gasteiger partial charge in [0.25, 0.3) is 5.91 Å². The smallest absolute Gasteiger partial charge is 0.274 e. The maximum Gasteiger partial charge on any atom is 0.274 e. The van der Waals surface area contributed by atoms with E-state index in [0.29, 0.717) is 11.4 Å². The van der Waals surface area contributed by atoms with E-state index >= 15 is 0 Å². The Morgan fingerprint density at radius 1 is 1.09 bits per heavy atom. The van der Waals surface area contributed by atoms with Gasteiger partial charge in [-0.3, -0.25) is 9.78 Å². The molecule has 6 nitrogen and oxygen atoms in total. The lowest BCUT2D eigenvalue weighted by Crippen LogP contribution is -2.30. The minimum atomic E-state index is -3.53. The molecule has 1 heterocycles. The molecule has 0 fully saturated rings. The largest absolute Gasteiger partial charge is 0.321 e. The molecule has 0 radical (unpaired) electrons. The van der Waals surface area contributed by atoms with Gasteiger partial charge < -0.3 is 5.32 Å². The summed E-state index contributed by atoms with van der Waals surface area (Å²) in [5, 5.41) is 2.66. The standard InChI is InChI=1S/C15H17N3O3S/c1-11(2)18-22(20,21)13-8-6-12(7-9-13)17-15(19)14-5-3-4-10-16-14/h3-11,18H,1-2H3,(H,17,19). The molecule has 7 heteroatoms. The molecule has 0 aliphatic rings. The molecule has 116 valence electrons. The molecule has 1 aromatic carbocycles. The van der Waals surface area contributed by atoms with Gasteiger partial charge in [-0.05, 0) is 50.2 Å². The van der Waals surface area contributed by atoms with E-state index in [1.54, 1.807) is 32.0 Å². The lowest BCUT2D eigenvalue weighted by atomic mass is 10.3. The summed E-state index contributed by atoms with van der Waals surface area (Å²) in [5.74, 6) is -0.350. The first-order valence-corrected chi connectivity index (χ1v) is 8.21. The Kier molecular flexibility index (Phi) is 4.89. The summed E-state index contributed by atoms with van der Waals surface area (Å²) >= 11 is 0. The van der Waals surface area contributed by atoms with Crippen molar-refractivity contribution in [1.82, 2.24) is 9.71 Å². The molecule has 0 unspecified atom stereocenters. The fourth-order valence-electron chi connectivity index (χ4n) is 1.79. The van der Waals surface area contributed by atoms with E-state index in [-0.39, 0.29) is 16.8 Å². The molecule has 1 amide bonds. The second kappa shape index (κ2) is 6.67. The van der Waals surface area contributed by atoms with E-state index in [1.165, 1.54) is 30.5 Å². The van der Waals surface area contributed by atoms with E-state index in [0.717, 1.165) is 0 Å². The monoisotopic (exact) mass is 319 g/mol. The summed E-state index contributed by atoms with van der Waals surface area (Å²) in [5.41, 5.74) is 0.792. The predicted octanol–water partition coefficient (Wildman–Crippen LogP) is 2.02. The maximum atomic E-state index is 12.0. The van der Waals surface area contributed by atoms with Gasteiger partial charge in [-0.2, -0.15) is 0 Å². The van der Waals surface area contributed by atoms with Crippen molar-refractivity contribution < 1.29 is 13.2 Å². The molecule has 0 saturated carbocycles. The lowest BCUT2D eigenvalue weighted by Gasteiger charge is -2.10. The highest BCUT2D eigenvalue weighted by Crippen LogP contribution is 2.15. The number of rotatable bonds is 5. The zero-order valence-electron chi connectivity index (χ0n) is 12.3. The number of nitrogens with one attached hydrogen (secondary N) is 2. The summed E-state index contributed by atoms with van der Waals surface area (Å²) in [7, 11) is -3.53. The van der Waals surface area contributed by atoms with Crippen LogP contribution >= 0.6 is 0 Å². The van der Waals surface area contributed by atoms with E-state index in [9.17, 15) is 13.2 Å². The Labute approximate surface area is 129 Å². The second-order valence-electron chi connectivity index (χ2n) is 4.97. The Morgan fingerprint density at radius 3 is 2.32 bits per heavy atom. The molecule has 2 rings (SSSR count). The third-order valence-corrected chi connectivity index (χ3v) is 4.39. The number of carbonyl (C=O) groups excluding carboxylic acids is 1. The highest BCUT2D eigenvalue weighted by atomic mass is 32.2. The molecule has 0 saturated heterocycles. The topological polar surface area (TPSA) is 88.2 Å². The molecule has 2 N–H and O–H groups in total. The highest BCUT2D eigenvalue weighted by Gasteiger charge is 2.15. The number of anilines is 1. The molecule has 22 heavy (non-hydrogen) atoms. The zero-order valence-corrected chi connectivity index (χ0v) is 13.1. The first-order valence-electron chi connectivity index (χ1n) is 6.73. The summed E-state index contributed by atoms with van der Waals surface area (Å²) in [6.45, 7) is 3.50. The number of sulfonamides is 1. The first-order chi connectivity index (χ1) is 10.4. The lowest BCUT2D eigenvalue weighted by molar-refractivity contribution is 0.102. The fourth-order valence-corrected chi connectivity index (χ4v) is 3.04. The van der Waals surface area contributed by atoms with Gasteiger partial charge in [0.1, 0.15) is 5.69 Å².